The average molecular weight is 405 g/mol. The third-order valence-electron chi connectivity index (χ3n) is 3.86. The highest BCUT2D eigenvalue weighted by atomic mass is 35.5. The molecule has 1 atom stereocenters. The lowest BCUT2D eigenvalue weighted by atomic mass is 10.2. The Morgan fingerprint density at radius 3 is 2.74 bits per heavy atom. The Morgan fingerprint density at radius 1 is 1.26 bits per heavy atom. The Labute approximate surface area is 166 Å². The van der Waals surface area contributed by atoms with Crippen molar-refractivity contribution in [1.29, 1.82) is 0 Å². The van der Waals surface area contributed by atoms with Crippen LogP contribution in [0.25, 0.3) is 11.4 Å². The van der Waals surface area contributed by atoms with Crippen molar-refractivity contribution in [2.45, 2.75) is 30.8 Å². The van der Waals surface area contributed by atoms with Crippen LogP contribution in [0.1, 0.15) is 13.8 Å². The van der Waals surface area contributed by atoms with Crippen molar-refractivity contribution in [2.75, 3.05) is 5.32 Å². The van der Waals surface area contributed by atoms with E-state index >= 15 is 0 Å². The van der Waals surface area contributed by atoms with Gasteiger partial charge < -0.3 is 9.88 Å². The number of hydrogen-bond acceptors (Lipinski definition) is 4. The van der Waals surface area contributed by atoms with Gasteiger partial charge in [0.1, 0.15) is 5.82 Å². The number of aromatic nitrogens is 3. The molecule has 8 heteroatoms. The van der Waals surface area contributed by atoms with Gasteiger partial charge in [-0.15, -0.1) is 10.2 Å². The van der Waals surface area contributed by atoms with Gasteiger partial charge in [0.05, 0.1) is 5.25 Å². The first-order valence-corrected chi connectivity index (χ1v) is 9.66. The van der Waals surface area contributed by atoms with Crippen LogP contribution in [0.3, 0.4) is 0 Å². The van der Waals surface area contributed by atoms with E-state index in [9.17, 15) is 9.18 Å². The number of carbonyl (C=O) groups excluding carboxylic acids is 1. The summed E-state index contributed by atoms with van der Waals surface area (Å²) in [5, 5.41) is 12.0. The molecule has 0 saturated carbocycles. The number of nitrogens with one attached hydrogen (secondary N) is 1. The maximum atomic E-state index is 13.3. The van der Waals surface area contributed by atoms with Crippen molar-refractivity contribution in [3.63, 3.8) is 0 Å². The zero-order valence-electron chi connectivity index (χ0n) is 14.8. The molecule has 1 N–H and O–H groups in total. The number of benzene rings is 2. The van der Waals surface area contributed by atoms with E-state index in [1.54, 1.807) is 25.1 Å². The molecule has 1 heterocycles. The van der Waals surface area contributed by atoms with Gasteiger partial charge in [0.25, 0.3) is 0 Å². The maximum absolute atomic E-state index is 13.3. The fraction of sp³-hybridized carbons (Fsp3) is 0.211. The number of carbonyl (C=O) groups is 1. The third kappa shape index (κ3) is 4.67. The Hall–Kier alpha value is -2.38. The normalized spacial score (nSPS) is 12.0. The number of thioether (sulfide) groups is 1. The van der Waals surface area contributed by atoms with Crippen LogP contribution in [0.2, 0.25) is 5.02 Å². The zero-order valence-corrected chi connectivity index (χ0v) is 16.4. The molecule has 0 aliphatic carbocycles. The number of hydrogen-bond donors (Lipinski definition) is 1. The summed E-state index contributed by atoms with van der Waals surface area (Å²) in [5.41, 5.74) is 1.28. The first-order chi connectivity index (χ1) is 13.0. The molecule has 0 aliphatic heterocycles. The molecule has 0 unspecified atom stereocenters. The Bertz CT molecular complexity index is 962. The molecular weight excluding hydrogens is 387 g/mol. The van der Waals surface area contributed by atoms with Gasteiger partial charge in [0.15, 0.2) is 11.0 Å². The molecule has 140 valence electrons. The van der Waals surface area contributed by atoms with E-state index in [0.717, 1.165) is 5.56 Å². The lowest BCUT2D eigenvalue weighted by molar-refractivity contribution is -0.115. The number of halogens is 2. The predicted octanol–water partition coefficient (Wildman–Crippen LogP) is 4.88. The van der Waals surface area contributed by atoms with Gasteiger partial charge >= 0.3 is 0 Å². The monoisotopic (exact) mass is 404 g/mol. The second-order valence-electron chi connectivity index (χ2n) is 5.82. The molecule has 0 radical (unpaired) electrons. The number of rotatable bonds is 6. The molecule has 0 saturated heterocycles. The van der Waals surface area contributed by atoms with E-state index in [1.807, 2.05) is 29.7 Å². The quantitative estimate of drug-likeness (QED) is 0.595. The summed E-state index contributed by atoms with van der Waals surface area (Å²) in [7, 11) is 0. The van der Waals surface area contributed by atoms with Gasteiger partial charge in [-0.25, -0.2) is 4.39 Å². The molecule has 5 nitrogen and oxygen atoms in total. The SMILES string of the molecule is CCn1c(S[C@H](C)C(=O)Nc2cccc(F)c2)nnc1-c1cccc(Cl)c1. The average Bonchev–Trinajstić information content (AvgIpc) is 3.04. The highest BCUT2D eigenvalue weighted by Gasteiger charge is 2.20. The summed E-state index contributed by atoms with van der Waals surface area (Å²) >= 11 is 7.37. The molecule has 1 aromatic heterocycles. The first kappa shape index (κ1) is 19.4. The molecule has 0 aliphatic rings. The minimum atomic E-state index is -0.435. The molecular formula is C19H18ClFN4OS. The van der Waals surface area contributed by atoms with Crippen LogP contribution in [0.4, 0.5) is 10.1 Å². The van der Waals surface area contributed by atoms with Crippen molar-refractivity contribution < 1.29 is 9.18 Å². The van der Waals surface area contributed by atoms with Gasteiger partial charge in [-0.05, 0) is 44.2 Å². The highest BCUT2D eigenvalue weighted by molar-refractivity contribution is 8.00. The van der Waals surface area contributed by atoms with Crippen LogP contribution < -0.4 is 5.32 Å². The summed E-state index contributed by atoms with van der Waals surface area (Å²) in [6.45, 7) is 4.40. The molecule has 3 rings (SSSR count). The van der Waals surface area contributed by atoms with E-state index in [1.165, 1.54) is 23.9 Å². The lowest BCUT2D eigenvalue weighted by Gasteiger charge is -2.13. The van der Waals surface area contributed by atoms with Gasteiger partial charge in [0, 0.05) is 22.8 Å². The fourth-order valence-corrected chi connectivity index (χ4v) is 3.63. The maximum Gasteiger partial charge on any atom is 0.237 e. The van der Waals surface area contributed by atoms with Gasteiger partial charge in [0.2, 0.25) is 5.91 Å². The van der Waals surface area contributed by atoms with Crippen molar-refractivity contribution in [1.82, 2.24) is 14.8 Å². The van der Waals surface area contributed by atoms with Crippen molar-refractivity contribution in [2.24, 2.45) is 0 Å². The minimum Gasteiger partial charge on any atom is -0.325 e. The second kappa shape index (κ2) is 8.54. The van der Waals surface area contributed by atoms with Crippen LogP contribution >= 0.6 is 23.4 Å². The van der Waals surface area contributed by atoms with E-state index in [4.69, 9.17) is 11.6 Å². The first-order valence-electron chi connectivity index (χ1n) is 8.40. The van der Waals surface area contributed by atoms with Crippen LogP contribution in [0.15, 0.2) is 53.7 Å². The number of amides is 1. The minimum absolute atomic E-state index is 0.236. The number of nitrogens with zero attached hydrogens (tertiary/aromatic N) is 3. The Balaban J connectivity index is 1.76. The van der Waals surface area contributed by atoms with E-state index in [-0.39, 0.29) is 5.91 Å². The van der Waals surface area contributed by atoms with Crippen LogP contribution in [-0.2, 0) is 11.3 Å². The summed E-state index contributed by atoms with van der Waals surface area (Å²) < 4.78 is 15.2. The van der Waals surface area contributed by atoms with E-state index in [2.05, 4.69) is 15.5 Å². The van der Waals surface area contributed by atoms with E-state index < -0.39 is 11.1 Å². The molecule has 27 heavy (non-hydrogen) atoms. The highest BCUT2D eigenvalue weighted by Crippen LogP contribution is 2.28. The standard InChI is InChI=1S/C19H18ClFN4OS/c1-3-25-17(13-6-4-7-14(20)10-13)23-24-19(25)27-12(2)18(26)22-16-9-5-8-15(21)11-16/h4-12H,3H2,1-2H3,(H,22,26)/t12-/m1/s1. The topological polar surface area (TPSA) is 59.8 Å². The van der Waals surface area contributed by atoms with Crippen LogP contribution in [0.5, 0.6) is 0 Å². The second-order valence-corrected chi connectivity index (χ2v) is 7.56. The van der Waals surface area contributed by atoms with Crippen LogP contribution in [-0.4, -0.2) is 25.9 Å². The smallest absolute Gasteiger partial charge is 0.237 e. The molecule has 1 amide bonds. The molecule has 2 aromatic carbocycles. The van der Waals surface area contributed by atoms with Gasteiger partial charge in [-0.1, -0.05) is 41.6 Å². The van der Waals surface area contributed by atoms with Gasteiger partial charge in [-0.3, -0.25) is 4.79 Å². The molecule has 3 aromatic rings. The molecule has 0 fully saturated rings. The summed E-state index contributed by atoms with van der Waals surface area (Å²) in [4.78, 5) is 12.4. The van der Waals surface area contributed by atoms with Crippen molar-refractivity contribution in [3.05, 3.63) is 59.4 Å². The van der Waals surface area contributed by atoms with Crippen molar-refractivity contribution in [3.8, 4) is 11.4 Å². The van der Waals surface area contributed by atoms with Gasteiger partial charge in [-0.2, -0.15) is 0 Å². The Morgan fingerprint density at radius 2 is 2.04 bits per heavy atom. The lowest BCUT2D eigenvalue weighted by Crippen LogP contribution is -2.23. The molecule has 0 spiro atoms. The summed E-state index contributed by atoms with van der Waals surface area (Å²) in [6.07, 6.45) is 0. The fourth-order valence-electron chi connectivity index (χ4n) is 2.52. The predicted molar refractivity (Wildman–Crippen MR) is 106 cm³/mol. The third-order valence-corrected chi connectivity index (χ3v) is 5.18. The van der Waals surface area contributed by atoms with Crippen molar-refractivity contribution >= 4 is 35.0 Å². The zero-order chi connectivity index (χ0) is 19.4. The molecule has 0 bridgehead atoms. The summed E-state index contributed by atoms with van der Waals surface area (Å²) in [6, 6.07) is 13.2. The number of anilines is 1. The van der Waals surface area contributed by atoms with Crippen LogP contribution in [0, 0.1) is 5.82 Å². The summed E-state index contributed by atoms with van der Waals surface area (Å²) in [5.74, 6) is 0.0609. The largest absolute Gasteiger partial charge is 0.325 e. The van der Waals surface area contributed by atoms with E-state index in [0.29, 0.717) is 28.2 Å². The Kier molecular flexibility index (Phi) is 6.13.